The molecule has 0 radical (unpaired) electrons. The van der Waals surface area contributed by atoms with Crippen molar-refractivity contribution in [3.63, 3.8) is 0 Å². The van der Waals surface area contributed by atoms with Crippen LogP contribution < -0.4 is 0 Å². The summed E-state index contributed by atoms with van der Waals surface area (Å²) in [6, 6.07) is 9.05. The van der Waals surface area contributed by atoms with Crippen molar-refractivity contribution in [3.8, 4) is 0 Å². The number of carbonyl (C=O) groups is 2. The van der Waals surface area contributed by atoms with E-state index < -0.39 is 17.7 Å². The number of hydrogen-bond acceptors (Lipinski definition) is 7. The summed E-state index contributed by atoms with van der Waals surface area (Å²) in [5.41, 5.74) is 1.69. The number of aliphatic hydroxyl groups is 1. The minimum Gasteiger partial charge on any atom is -0.503 e. The van der Waals surface area contributed by atoms with E-state index in [2.05, 4.69) is 9.88 Å². The molecule has 1 aromatic carbocycles. The molecule has 1 unspecified atom stereocenters. The lowest BCUT2D eigenvalue weighted by Crippen LogP contribution is -2.44. The molecule has 7 nitrogen and oxygen atoms in total. The van der Waals surface area contributed by atoms with Crippen molar-refractivity contribution in [2.24, 2.45) is 0 Å². The van der Waals surface area contributed by atoms with Crippen molar-refractivity contribution >= 4 is 29.1 Å². The van der Waals surface area contributed by atoms with Crippen LogP contribution in [0.15, 0.2) is 47.7 Å². The molecule has 8 heteroatoms. The molecule has 2 aromatic rings. The minimum atomic E-state index is -0.641. The quantitative estimate of drug-likeness (QED) is 0.649. The maximum absolute atomic E-state index is 13.4. The van der Waals surface area contributed by atoms with Gasteiger partial charge in [-0.1, -0.05) is 42.5 Å². The first-order valence-electron chi connectivity index (χ1n) is 10.7. The Kier molecular flexibility index (Phi) is 6.83. The van der Waals surface area contributed by atoms with E-state index in [0.717, 1.165) is 23.7 Å². The fraction of sp³-hybridized carbons (Fsp3) is 0.375. The summed E-state index contributed by atoms with van der Waals surface area (Å²) in [5.74, 6) is -1.32. The van der Waals surface area contributed by atoms with E-state index in [1.54, 1.807) is 11.8 Å². The number of morpholine rings is 1. The van der Waals surface area contributed by atoms with Crippen LogP contribution in [0.5, 0.6) is 0 Å². The van der Waals surface area contributed by atoms with Crippen molar-refractivity contribution in [1.82, 2.24) is 14.8 Å². The Morgan fingerprint density at radius 2 is 1.94 bits per heavy atom. The zero-order chi connectivity index (χ0) is 22.7. The van der Waals surface area contributed by atoms with E-state index in [1.807, 2.05) is 49.4 Å². The zero-order valence-electron chi connectivity index (χ0n) is 18.3. The number of rotatable bonds is 7. The second-order valence-corrected chi connectivity index (χ2v) is 9.11. The summed E-state index contributed by atoms with van der Waals surface area (Å²) < 4.78 is 5.40. The summed E-state index contributed by atoms with van der Waals surface area (Å²) in [5, 5.41) is 11.5. The van der Waals surface area contributed by atoms with Gasteiger partial charge in [0, 0.05) is 26.2 Å². The molecule has 1 fully saturated rings. The fourth-order valence-corrected chi connectivity index (χ4v) is 4.93. The van der Waals surface area contributed by atoms with Crippen LogP contribution >= 0.6 is 11.3 Å². The summed E-state index contributed by atoms with van der Waals surface area (Å²) >= 11 is 1.28. The molecule has 1 N–H and O–H groups in total. The first-order chi connectivity index (χ1) is 15.5. The smallest absolute Gasteiger partial charge is 0.290 e. The largest absolute Gasteiger partial charge is 0.503 e. The van der Waals surface area contributed by atoms with Gasteiger partial charge in [-0.2, -0.15) is 0 Å². The summed E-state index contributed by atoms with van der Waals surface area (Å²) in [7, 11) is 0. The Morgan fingerprint density at radius 1 is 1.22 bits per heavy atom. The lowest BCUT2D eigenvalue weighted by molar-refractivity contribution is -0.129. The second kappa shape index (κ2) is 9.77. The molecule has 1 atom stereocenters. The number of thiazole rings is 1. The average Bonchev–Trinajstić information content (AvgIpc) is 3.27. The molecule has 1 aromatic heterocycles. The fourth-order valence-electron chi connectivity index (χ4n) is 4.06. The van der Waals surface area contributed by atoms with Gasteiger partial charge in [0.05, 0.1) is 40.4 Å². The van der Waals surface area contributed by atoms with Crippen LogP contribution in [-0.4, -0.2) is 77.0 Å². The third-order valence-corrected chi connectivity index (χ3v) is 6.81. The number of Topliss-reactive ketones (excluding diaryl/α,β-unsaturated/α-hetero) is 1. The van der Waals surface area contributed by atoms with Crippen LogP contribution in [0.3, 0.4) is 0 Å². The monoisotopic (exact) mass is 453 g/mol. The number of aryl methyl sites for hydroxylation is 2. The van der Waals surface area contributed by atoms with Crippen LogP contribution in [0.2, 0.25) is 0 Å². The highest BCUT2D eigenvalue weighted by Gasteiger charge is 2.42. The second-order valence-electron chi connectivity index (χ2n) is 7.91. The maximum Gasteiger partial charge on any atom is 0.290 e. The molecule has 3 heterocycles. The molecule has 2 aliphatic heterocycles. The highest BCUT2D eigenvalue weighted by atomic mass is 32.1. The maximum atomic E-state index is 13.4. The Bertz CT molecular complexity index is 1050. The van der Waals surface area contributed by atoms with E-state index >= 15 is 0 Å². The van der Waals surface area contributed by atoms with Crippen LogP contribution in [0, 0.1) is 13.8 Å². The summed E-state index contributed by atoms with van der Waals surface area (Å²) in [6.45, 7) is 7.61. The topological polar surface area (TPSA) is 83.0 Å². The van der Waals surface area contributed by atoms with Gasteiger partial charge in [-0.3, -0.25) is 14.5 Å². The first-order valence-corrected chi connectivity index (χ1v) is 11.5. The van der Waals surface area contributed by atoms with E-state index in [4.69, 9.17) is 4.74 Å². The van der Waals surface area contributed by atoms with E-state index in [-0.39, 0.29) is 11.4 Å². The van der Waals surface area contributed by atoms with Gasteiger partial charge in [0.1, 0.15) is 0 Å². The molecular formula is C24H27N3O4S. The molecule has 0 bridgehead atoms. The molecule has 1 amide bonds. The predicted molar refractivity (Wildman–Crippen MR) is 124 cm³/mol. The number of benzene rings is 1. The van der Waals surface area contributed by atoms with E-state index in [0.29, 0.717) is 36.9 Å². The molecule has 32 heavy (non-hydrogen) atoms. The Balaban J connectivity index is 1.64. The SMILES string of the molecule is Cc1nc(C)c(C(=O)C2=C(O)C(=O)N(CCN3CCOCC3)C2C=Cc2ccccc2)s1. The van der Waals surface area contributed by atoms with Crippen LogP contribution in [0.25, 0.3) is 6.08 Å². The number of amides is 1. The standard InChI is InChI=1S/C24H27N3O4S/c1-16-23(32-17(2)25-16)21(28)20-19(9-8-18-6-4-3-5-7-18)27(24(30)22(20)29)11-10-26-12-14-31-15-13-26/h3-9,19,29H,10-15H2,1-2H3. The molecule has 2 aliphatic rings. The third-order valence-electron chi connectivity index (χ3n) is 5.74. The lowest BCUT2D eigenvalue weighted by atomic mass is 10.0. The molecule has 0 saturated carbocycles. The van der Waals surface area contributed by atoms with E-state index in [1.165, 1.54) is 11.3 Å². The molecule has 168 valence electrons. The predicted octanol–water partition coefficient (Wildman–Crippen LogP) is 3.01. The lowest BCUT2D eigenvalue weighted by Gasteiger charge is -2.30. The van der Waals surface area contributed by atoms with Gasteiger partial charge in [-0.15, -0.1) is 11.3 Å². The molecular weight excluding hydrogens is 426 g/mol. The van der Waals surface area contributed by atoms with Gasteiger partial charge in [0.25, 0.3) is 5.91 Å². The van der Waals surface area contributed by atoms with Crippen LogP contribution in [0.1, 0.15) is 25.9 Å². The molecule has 0 aliphatic carbocycles. The van der Waals surface area contributed by atoms with Gasteiger partial charge in [0.2, 0.25) is 5.78 Å². The Morgan fingerprint density at radius 3 is 2.59 bits per heavy atom. The number of ketones is 1. The number of carbonyl (C=O) groups excluding carboxylic acids is 2. The van der Waals surface area contributed by atoms with E-state index in [9.17, 15) is 14.7 Å². The number of hydrogen-bond donors (Lipinski definition) is 1. The Labute approximate surface area is 191 Å². The van der Waals surface area contributed by atoms with Gasteiger partial charge in [-0.25, -0.2) is 4.98 Å². The van der Waals surface area contributed by atoms with Gasteiger partial charge in [-0.05, 0) is 19.4 Å². The third kappa shape index (κ3) is 4.67. The van der Waals surface area contributed by atoms with Gasteiger partial charge < -0.3 is 14.7 Å². The summed E-state index contributed by atoms with van der Waals surface area (Å²) in [6.07, 6.45) is 3.71. The molecule has 4 rings (SSSR count). The van der Waals surface area contributed by atoms with Crippen molar-refractivity contribution < 1.29 is 19.4 Å². The number of ether oxygens (including phenoxy) is 1. The highest BCUT2D eigenvalue weighted by molar-refractivity contribution is 7.14. The highest BCUT2D eigenvalue weighted by Crippen LogP contribution is 2.32. The molecule has 0 spiro atoms. The summed E-state index contributed by atoms with van der Waals surface area (Å²) in [4.78, 5) is 35.0. The first kappa shape index (κ1) is 22.4. The number of aromatic nitrogens is 1. The minimum absolute atomic E-state index is 0.121. The average molecular weight is 454 g/mol. The van der Waals surface area contributed by atoms with Gasteiger partial charge >= 0.3 is 0 Å². The number of aliphatic hydroxyl groups excluding tert-OH is 1. The van der Waals surface area contributed by atoms with Gasteiger partial charge in [0.15, 0.2) is 5.76 Å². The van der Waals surface area contributed by atoms with Crippen molar-refractivity contribution in [1.29, 1.82) is 0 Å². The number of nitrogens with zero attached hydrogens (tertiary/aromatic N) is 3. The van der Waals surface area contributed by atoms with Crippen LogP contribution in [0.4, 0.5) is 0 Å². The van der Waals surface area contributed by atoms with Crippen molar-refractivity contribution in [2.45, 2.75) is 19.9 Å². The normalized spacial score (nSPS) is 20.0. The molecule has 1 saturated heterocycles. The van der Waals surface area contributed by atoms with Crippen molar-refractivity contribution in [3.05, 3.63) is 68.9 Å². The zero-order valence-corrected chi connectivity index (χ0v) is 19.1. The van der Waals surface area contributed by atoms with Crippen LogP contribution in [-0.2, 0) is 9.53 Å². The van der Waals surface area contributed by atoms with Crippen molar-refractivity contribution in [2.75, 3.05) is 39.4 Å². The Hall–Kier alpha value is -2.81.